The van der Waals surface area contributed by atoms with Crippen LogP contribution in [0.2, 0.25) is 0 Å². The highest BCUT2D eigenvalue weighted by molar-refractivity contribution is 5.93. The Morgan fingerprint density at radius 2 is 1.77 bits per heavy atom. The zero-order valence-corrected chi connectivity index (χ0v) is 12.9. The van der Waals surface area contributed by atoms with Gasteiger partial charge in [0.05, 0.1) is 0 Å². The highest BCUT2D eigenvalue weighted by Crippen LogP contribution is 2.33. The van der Waals surface area contributed by atoms with Crippen LogP contribution in [0, 0.1) is 0 Å². The van der Waals surface area contributed by atoms with Gasteiger partial charge in [-0.25, -0.2) is 4.98 Å². The molecule has 0 N–H and O–H groups in total. The fourth-order valence-electron chi connectivity index (χ4n) is 3.01. The van der Waals surface area contributed by atoms with Gasteiger partial charge in [0.25, 0.3) is 0 Å². The number of carbonyl (C=O) groups excluding carboxylic acids is 1. The standard InChI is InChI=1S/C19H21NO2/c1-14(21)17-9-12-19(20-13-17)22-18-10-7-16(8-11-18)15-5-3-2-4-6-15/h7-13,15H,2-6H2,1H3. The van der Waals surface area contributed by atoms with Crippen molar-refractivity contribution >= 4 is 5.78 Å². The lowest BCUT2D eigenvalue weighted by molar-refractivity contribution is 0.101. The van der Waals surface area contributed by atoms with Gasteiger partial charge in [-0.1, -0.05) is 31.4 Å². The minimum absolute atomic E-state index is 0.0101. The van der Waals surface area contributed by atoms with E-state index in [4.69, 9.17) is 4.74 Å². The van der Waals surface area contributed by atoms with Crippen molar-refractivity contribution in [2.75, 3.05) is 0 Å². The number of carbonyl (C=O) groups is 1. The minimum atomic E-state index is 0.0101. The molecule has 1 aromatic heterocycles. The number of ketones is 1. The quantitative estimate of drug-likeness (QED) is 0.734. The largest absolute Gasteiger partial charge is 0.439 e. The summed E-state index contributed by atoms with van der Waals surface area (Å²) in [5.74, 6) is 2.00. The van der Waals surface area contributed by atoms with Crippen molar-refractivity contribution in [1.29, 1.82) is 0 Å². The number of hydrogen-bond donors (Lipinski definition) is 0. The first-order chi connectivity index (χ1) is 10.7. The Morgan fingerprint density at radius 3 is 2.36 bits per heavy atom. The van der Waals surface area contributed by atoms with Gasteiger partial charge in [-0.3, -0.25) is 4.79 Å². The van der Waals surface area contributed by atoms with Crippen LogP contribution < -0.4 is 4.74 Å². The lowest BCUT2D eigenvalue weighted by Gasteiger charge is -2.22. The minimum Gasteiger partial charge on any atom is -0.439 e. The van der Waals surface area contributed by atoms with Crippen molar-refractivity contribution in [2.45, 2.75) is 44.9 Å². The van der Waals surface area contributed by atoms with E-state index in [1.54, 1.807) is 18.3 Å². The van der Waals surface area contributed by atoms with Crippen LogP contribution in [0.5, 0.6) is 11.6 Å². The first kappa shape index (κ1) is 14.8. The summed E-state index contributed by atoms with van der Waals surface area (Å²) in [5, 5.41) is 0. The van der Waals surface area contributed by atoms with Gasteiger partial charge in [0.2, 0.25) is 5.88 Å². The molecular formula is C19H21NO2. The molecule has 1 saturated carbocycles. The Morgan fingerprint density at radius 1 is 1.05 bits per heavy atom. The van der Waals surface area contributed by atoms with Crippen LogP contribution in [-0.4, -0.2) is 10.8 Å². The lowest BCUT2D eigenvalue weighted by Crippen LogP contribution is -2.04. The first-order valence-corrected chi connectivity index (χ1v) is 7.97. The van der Waals surface area contributed by atoms with E-state index in [2.05, 4.69) is 17.1 Å². The predicted octanol–water partition coefficient (Wildman–Crippen LogP) is 5.12. The smallest absolute Gasteiger partial charge is 0.219 e. The van der Waals surface area contributed by atoms with Crippen LogP contribution in [-0.2, 0) is 0 Å². The van der Waals surface area contributed by atoms with Gasteiger partial charge in [-0.05, 0) is 49.4 Å². The van der Waals surface area contributed by atoms with E-state index < -0.39 is 0 Å². The third kappa shape index (κ3) is 3.53. The van der Waals surface area contributed by atoms with E-state index in [1.807, 2.05) is 12.1 Å². The number of benzene rings is 1. The van der Waals surface area contributed by atoms with Crippen LogP contribution in [0.4, 0.5) is 0 Å². The van der Waals surface area contributed by atoms with Crippen molar-refractivity contribution < 1.29 is 9.53 Å². The second-order valence-corrected chi connectivity index (χ2v) is 5.95. The van der Waals surface area contributed by atoms with E-state index in [9.17, 15) is 4.79 Å². The molecule has 3 nitrogen and oxygen atoms in total. The molecule has 1 fully saturated rings. The highest BCUT2D eigenvalue weighted by Gasteiger charge is 2.15. The van der Waals surface area contributed by atoms with Gasteiger partial charge in [0, 0.05) is 17.8 Å². The monoisotopic (exact) mass is 295 g/mol. The molecule has 2 aromatic rings. The van der Waals surface area contributed by atoms with Crippen molar-refractivity contribution in [3.63, 3.8) is 0 Å². The molecule has 0 atom stereocenters. The fraction of sp³-hybridized carbons (Fsp3) is 0.368. The molecule has 0 saturated heterocycles. The summed E-state index contributed by atoms with van der Waals surface area (Å²) >= 11 is 0. The third-order valence-electron chi connectivity index (χ3n) is 4.32. The van der Waals surface area contributed by atoms with E-state index in [0.717, 1.165) is 5.75 Å². The predicted molar refractivity (Wildman–Crippen MR) is 86.6 cm³/mol. The summed E-state index contributed by atoms with van der Waals surface area (Å²) < 4.78 is 5.73. The summed E-state index contributed by atoms with van der Waals surface area (Å²) in [6.07, 6.45) is 8.21. The maximum Gasteiger partial charge on any atom is 0.219 e. The zero-order chi connectivity index (χ0) is 15.4. The van der Waals surface area contributed by atoms with Crippen molar-refractivity contribution in [3.05, 3.63) is 53.7 Å². The molecule has 1 aromatic carbocycles. The molecule has 22 heavy (non-hydrogen) atoms. The van der Waals surface area contributed by atoms with Crippen LogP contribution in [0.25, 0.3) is 0 Å². The molecule has 0 unspecified atom stereocenters. The number of pyridine rings is 1. The molecule has 1 aliphatic rings. The average molecular weight is 295 g/mol. The Bertz CT molecular complexity index is 625. The Balaban J connectivity index is 1.66. The van der Waals surface area contributed by atoms with Crippen LogP contribution >= 0.6 is 0 Å². The van der Waals surface area contributed by atoms with Gasteiger partial charge in [-0.2, -0.15) is 0 Å². The van der Waals surface area contributed by atoms with Gasteiger partial charge >= 0.3 is 0 Å². The number of rotatable bonds is 4. The number of nitrogens with zero attached hydrogens (tertiary/aromatic N) is 1. The topological polar surface area (TPSA) is 39.2 Å². The first-order valence-electron chi connectivity index (χ1n) is 7.97. The van der Waals surface area contributed by atoms with Crippen molar-refractivity contribution in [1.82, 2.24) is 4.98 Å². The molecule has 1 heterocycles. The second-order valence-electron chi connectivity index (χ2n) is 5.95. The van der Waals surface area contributed by atoms with Gasteiger partial charge in [0.1, 0.15) is 5.75 Å². The average Bonchev–Trinajstić information content (AvgIpc) is 2.57. The Kier molecular flexibility index (Phi) is 4.52. The number of ether oxygens (including phenoxy) is 1. The molecule has 3 heteroatoms. The summed E-state index contributed by atoms with van der Waals surface area (Å²) in [7, 11) is 0. The molecule has 1 aliphatic carbocycles. The summed E-state index contributed by atoms with van der Waals surface area (Å²) in [5.41, 5.74) is 2.01. The Labute approximate surface area is 131 Å². The fourth-order valence-corrected chi connectivity index (χ4v) is 3.01. The molecule has 0 bridgehead atoms. The van der Waals surface area contributed by atoms with E-state index in [0.29, 0.717) is 17.4 Å². The van der Waals surface area contributed by atoms with Gasteiger partial charge in [-0.15, -0.1) is 0 Å². The van der Waals surface area contributed by atoms with E-state index in [-0.39, 0.29) is 5.78 Å². The molecule has 114 valence electrons. The molecule has 0 spiro atoms. The summed E-state index contributed by atoms with van der Waals surface area (Å²) in [6, 6.07) is 11.8. The van der Waals surface area contributed by atoms with Crippen LogP contribution in [0.1, 0.15) is 60.9 Å². The molecule has 0 aliphatic heterocycles. The molecular weight excluding hydrogens is 274 g/mol. The molecule has 0 amide bonds. The maximum atomic E-state index is 11.2. The van der Waals surface area contributed by atoms with Crippen LogP contribution in [0.3, 0.4) is 0 Å². The summed E-state index contributed by atoms with van der Waals surface area (Å²) in [6.45, 7) is 1.53. The van der Waals surface area contributed by atoms with Crippen LogP contribution in [0.15, 0.2) is 42.6 Å². The second kappa shape index (κ2) is 6.73. The van der Waals surface area contributed by atoms with E-state index in [1.165, 1.54) is 44.6 Å². The highest BCUT2D eigenvalue weighted by atomic mass is 16.5. The normalized spacial score (nSPS) is 15.5. The zero-order valence-electron chi connectivity index (χ0n) is 12.9. The van der Waals surface area contributed by atoms with Crippen molar-refractivity contribution in [3.8, 4) is 11.6 Å². The number of aromatic nitrogens is 1. The number of Topliss-reactive ketones (excluding diaryl/α,β-unsaturated/α-hetero) is 1. The van der Waals surface area contributed by atoms with Crippen molar-refractivity contribution in [2.24, 2.45) is 0 Å². The Hall–Kier alpha value is -2.16. The lowest BCUT2D eigenvalue weighted by atomic mass is 9.84. The van der Waals surface area contributed by atoms with Gasteiger partial charge < -0.3 is 4.74 Å². The molecule has 3 rings (SSSR count). The number of hydrogen-bond acceptors (Lipinski definition) is 3. The van der Waals surface area contributed by atoms with Gasteiger partial charge in [0.15, 0.2) is 5.78 Å². The van der Waals surface area contributed by atoms with E-state index >= 15 is 0 Å². The third-order valence-corrected chi connectivity index (χ3v) is 4.32. The summed E-state index contributed by atoms with van der Waals surface area (Å²) in [4.78, 5) is 15.4. The SMILES string of the molecule is CC(=O)c1ccc(Oc2ccc(C3CCCCC3)cc2)nc1. The maximum absolute atomic E-state index is 11.2. The molecule has 0 radical (unpaired) electrons.